The maximum absolute atomic E-state index is 12.7. The molecule has 1 aliphatic rings. The van der Waals surface area contributed by atoms with Gasteiger partial charge in [0, 0.05) is 44.0 Å². The zero-order valence-electron chi connectivity index (χ0n) is 13.4. The zero-order valence-corrected chi connectivity index (χ0v) is 14.2. The monoisotopic (exact) mass is 345 g/mol. The van der Waals surface area contributed by atoms with Crippen LogP contribution in [0.15, 0.2) is 47.5 Å². The minimum Gasteiger partial charge on any atom is -0.352 e. The number of benzene rings is 1. The van der Waals surface area contributed by atoms with Crippen LogP contribution < -0.4 is 5.32 Å². The SMILES string of the molecule is CN(CCc1ccccn1)S(=O)(=O)c1ccc2c(c1)C(=O)NCC2. The van der Waals surface area contributed by atoms with Crippen molar-refractivity contribution in [2.45, 2.75) is 17.7 Å². The normalized spacial score (nSPS) is 14.3. The van der Waals surface area contributed by atoms with Gasteiger partial charge in [-0.1, -0.05) is 12.1 Å². The van der Waals surface area contributed by atoms with Gasteiger partial charge in [-0.05, 0) is 36.2 Å². The van der Waals surface area contributed by atoms with Crippen LogP contribution in [0.5, 0.6) is 0 Å². The molecule has 1 aromatic heterocycles. The van der Waals surface area contributed by atoms with Crippen LogP contribution in [0, 0.1) is 0 Å². The number of amides is 1. The second-order valence-electron chi connectivity index (χ2n) is 5.72. The third-order valence-electron chi connectivity index (χ3n) is 4.12. The predicted molar refractivity (Wildman–Crippen MR) is 90.2 cm³/mol. The van der Waals surface area contributed by atoms with Gasteiger partial charge < -0.3 is 5.32 Å². The highest BCUT2D eigenvalue weighted by Gasteiger charge is 2.24. The van der Waals surface area contributed by atoms with Crippen LogP contribution in [0.2, 0.25) is 0 Å². The second-order valence-corrected chi connectivity index (χ2v) is 7.77. The molecule has 24 heavy (non-hydrogen) atoms. The molecule has 2 aromatic rings. The number of pyridine rings is 1. The van der Waals surface area contributed by atoms with E-state index in [1.54, 1.807) is 18.3 Å². The molecule has 2 heterocycles. The summed E-state index contributed by atoms with van der Waals surface area (Å²) in [6.45, 7) is 0.907. The number of sulfonamides is 1. The first kappa shape index (κ1) is 16.6. The van der Waals surface area contributed by atoms with Crippen molar-refractivity contribution < 1.29 is 13.2 Å². The Balaban J connectivity index is 1.79. The van der Waals surface area contributed by atoms with Gasteiger partial charge in [0.1, 0.15) is 0 Å². The van der Waals surface area contributed by atoms with Crippen molar-refractivity contribution >= 4 is 15.9 Å². The summed E-state index contributed by atoms with van der Waals surface area (Å²) >= 11 is 0. The minimum absolute atomic E-state index is 0.141. The van der Waals surface area contributed by atoms with Gasteiger partial charge in [-0.15, -0.1) is 0 Å². The summed E-state index contributed by atoms with van der Waals surface area (Å²) in [5.41, 5.74) is 2.17. The molecular formula is C17H19N3O3S. The number of nitrogens with zero attached hydrogens (tertiary/aromatic N) is 2. The van der Waals surface area contributed by atoms with E-state index in [1.165, 1.54) is 17.4 Å². The number of carbonyl (C=O) groups is 1. The number of fused-ring (bicyclic) bond motifs is 1. The molecule has 1 aromatic carbocycles. The van der Waals surface area contributed by atoms with Crippen LogP contribution in [-0.2, 0) is 22.9 Å². The summed E-state index contributed by atoms with van der Waals surface area (Å²) in [4.78, 5) is 16.3. The first-order chi connectivity index (χ1) is 11.5. The van der Waals surface area contributed by atoms with Crippen molar-refractivity contribution in [3.05, 3.63) is 59.4 Å². The Hall–Kier alpha value is -2.25. The fourth-order valence-electron chi connectivity index (χ4n) is 2.67. The highest BCUT2D eigenvalue weighted by molar-refractivity contribution is 7.89. The molecular weight excluding hydrogens is 326 g/mol. The quantitative estimate of drug-likeness (QED) is 0.884. The third-order valence-corrected chi connectivity index (χ3v) is 5.98. The number of aromatic nitrogens is 1. The maximum atomic E-state index is 12.7. The lowest BCUT2D eigenvalue weighted by Crippen LogP contribution is -2.33. The van der Waals surface area contributed by atoms with Crippen LogP contribution in [-0.4, -0.2) is 43.8 Å². The van der Waals surface area contributed by atoms with E-state index in [0.717, 1.165) is 17.7 Å². The number of rotatable bonds is 5. The van der Waals surface area contributed by atoms with E-state index < -0.39 is 10.0 Å². The Morgan fingerprint density at radius 3 is 2.83 bits per heavy atom. The number of likely N-dealkylation sites (N-methyl/N-ethyl adjacent to an activating group) is 1. The lowest BCUT2D eigenvalue weighted by molar-refractivity contribution is 0.0945. The summed E-state index contributed by atoms with van der Waals surface area (Å²) in [6.07, 6.45) is 2.94. The zero-order chi connectivity index (χ0) is 17.2. The summed E-state index contributed by atoms with van der Waals surface area (Å²) in [6, 6.07) is 10.3. The van der Waals surface area contributed by atoms with Crippen LogP contribution in [0.1, 0.15) is 21.6 Å². The van der Waals surface area contributed by atoms with Crippen molar-refractivity contribution in [3.8, 4) is 0 Å². The first-order valence-electron chi connectivity index (χ1n) is 7.76. The van der Waals surface area contributed by atoms with Gasteiger partial charge in [0.25, 0.3) is 5.91 Å². The van der Waals surface area contributed by atoms with E-state index in [4.69, 9.17) is 0 Å². The van der Waals surface area contributed by atoms with Crippen LogP contribution >= 0.6 is 0 Å². The minimum atomic E-state index is -3.64. The lowest BCUT2D eigenvalue weighted by Gasteiger charge is -2.20. The summed E-state index contributed by atoms with van der Waals surface area (Å²) in [5.74, 6) is -0.218. The van der Waals surface area contributed by atoms with Crippen LogP contribution in [0.3, 0.4) is 0 Å². The van der Waals surface area contributed by atoms with Crippen molar-refractivity contribution in [1.29, 1.82) is 0 Å². The maximum Gasteiger partial charge on any atom is 0.251 e. The van der Waals surface area contributed by atoms with Gasteiger partial charge >= 0.3 is 0 Å². The summed E-state index contributed by atoms with van der Waals surface area (Å²) < 4.78 is 26.7. The predicted octanol–water partition coefficient (Wildman–Crippen LogP) is 1.23. The number of nitrogens with one attached hydrogen (secondary N) is 1. The van der Waals surface area contributed by atoms with E-state index in [9.17, 15) is 13.2 Å². The molecule has 0 bridgehead atoms. The van der Waals surface area contributed by atoms with Gasteiger partial charge in [-0.2, -0.15) is 0 Å². The fraction of sp³-hybridized carbons (Fsp3) is 0.294. The van der Waals surface area contributed by atoms with Crippen LogP contribution in [0.25, 0.3) is 0 Å². The highest BCUT2D eigenvalue weighted by atomic mass is 32.2. The average Bonchev–Trinajstić information content (AvgIpc) is 2.60. The van der Waals surface area contributed by atoms with Crippen LogP contribution in [0.4, 0.5) is 0 Å². The van der Waals surface area contributed by atoms with E-state index in [2.05, 4.69) is 10.3 Å². The van der Waals surface area contributed by atoms with Gasteiger partial charge in [-0.3, -0.25) is 9.78 Å². The molecule has 1 N–H and O–H groups in total. The second kappa shape index (κ2) is 6.70. The Kier molecular flexibility index (Phi) is 4.64. The molecule has 1 amide bonds. The first-order valence-corrected chi connectivity index (χ1v) is 9.20. The van der Waals surface area contributed by atoms with Crippen molar-refractivity contribution in [2.24, 2.45) is 0 Å². The molecule has 0 radical (unpaired) electrons. The van der Waals surface area contributed by atoms with Crippen molar-refractivity contribution in [1.82, 2.24) is 14.6 Å². The Morgan fingerprint density at radius 2 is 2.08 bits per heavy atom. The summed E-state index contributed by atoms with van der Waals surface area (Å²) in [5, 5.41) is 2.74. The standard InChI is InChI=1S/C17H19N3O3S/c1-20(11-8-14-4-2-3-9-18-14)24(22,23)15-6-5-13-7-10-19-17(21)16(13)12-15/h2-6,9,12H,7-8,10-11H2,1H3,(H,19,21). The molecule has 126 valence electrons. The molecule has 0 saturated carbocycles. The molecule has 0 aliphatic carbocycles. The number of carbonyl (C=O) groups excluding carboxylic acids is 1. The molecule has 0 saturated heterocycles. The van der Waals surface area contributed by atoms with Crippen molar-refractivity contribution in [3.63, 3.8) is 0 Å². The largest absolute Gasteiger partial charge is 0.352 e. The van der Waals surface area contributed by atoms with E-state index >= 15 is 0 Å². The third kappa shape index (κ3) is 3.32. The van der Waals surface area contributed by atoms with Gasteiger partial charge in [0.15, 0.2) is 0 Å². The molecule has 0 spiro atoms. The fourth-order valence-corrected chi connectivity index (χ4v) is 3.87. The number of hydrogen-bond acceptors (Lipinski definition) is 4. The van der Waals surface area contributed by atoms with E-state index in [-0.39, 0.29) is 10.8 Å². The topological polar surface area (TPSA) is 79.4 Å². The Bertz CT molecular complexity index is 851. The van der Waals surface area contributed by atoms with Gasteiger partial charge in [-0.25, -0.2) is 12.7 Å². The molecule has 0 atom stereocenters. The average molecular weight is 345 g/mol. The lowest BCUT2D eigenvalue weighted by atomic mass is 10.0. The van der Waals surface area contributed by atoms with E-state index in [0.29, 0.717) is 25.1 Å². The Morgan fingerprint density at radius 1 is 1.25 bits per heavy atom. The van der Waals surface area contributed by atoms with Gasteiger partial charge in [0.05, 0.1) is 4.90 Å². The molecule has 3 rings (SSSR count). The Labute approximate surface area is 141 Å². The molecule has 7 heteroatoms. The molecule has 6 nitrogen and oxygen atoms in total. The molecule has 0 fully saturated rings. The van der Waals surface area contributed by atoms with Crippen molar-refractivity contribution in [2.75, 3.05) is 20.1 Å². The molecule has 1 aliphatic heterocycles. The summed E-state index contributed by atoms with van der Waals surface area (Å²) in [7, 11) is -2.10. The highest BCUT2D eigenvalue weighted by Crippen LogP contribution is 2.21. The number of hydrogen-bond donors (Lipinski definition) is 1. The smallest absolute Gasteiger partial charge is 0.251 e. The van der Waals surface area contributed by atoms with E-state index in [1.807, 2.05) is 18.2 Å². The molecule has 0 unspecified atom stereocenters. The van der Waals surface area contributed by atoms with Gasteiger partial charge in [0.2, 0.25) is 10.0 Å².